The highest BCUT2D eigenvalue weighted by Crippen LogP contribution is 2.25. The molecule has 3 heteroatoms. The zero-order valence-electron chi connectivity index (χ0n) is 10.5. The van der Waals surface area contributed by atoms with Gasteiger partial charge in [-0.2, -0.15) is 0 Å². The van der Waals surface area contributed by atoms with E-state index in [1.54, 1.807) is 12.1 Å². The Bertz CT molecular complexity index is 554. The van der Waals surface area contributed by atoms with Crippen LogP contribution in [0, 0.1) is 12.7 Å². The second-order valence-electron chi connectivity index (χ2n) is 4.29. The lowest BCUT2D eigenvalue weighted by molar-refractivity contribution is 0.386. The first kappa shape index (κ1) is 12.6. The zero-order chi connectivity index (χ0) is 13.1. The molecule has 0 aromatic heterocycles. The van der Waals surface area contributed by atoms with Crippen molar-refractivity contribution in [3.05, 3.63) is 65.0 Å². The van der Waals surface area contributed by atoms with Crippen LogP contribution in [0.25, 0.3) is 0 Å². The van der Waals surface area contributed by atoms with Gasteiger partial charge >= 0.3 is 0 Å². The third kappa shape index (κ3) is 2.51. The van der Waals surface area contributed by atoms with Crippen LogP contribution in [0.1, 0.15) is 22.7 Å². The summed E-state index contributed by atoms with van der Waals surface area (Å²) in [5.74, 6) is -0.159. The van der Waals surface area contributed by atoms with Gasteiger partial charge in [0, 0.05) is 0 Å². The van der Waals surface area contributed by atoms with E-state index in [0.29, 0.717) is 0 Å². The number of rotatable bonds is 3. The highest BCUT2D eigenvalue weighted by Gasteiger charge is 2.11. The molecule has 1 atom stereocenters. The van der Waals surface area contributed by atoms with Crippen LogP contribution in [0.3, 0.4) is 0 Å². The molecule has 0 spiro atoms. The number of methoxy groups -OCH3 is 1. The number of nitrogens with two attached hydrogens (primary N) is 1. The summed E-state index contributed by atoms with van der Waals surface area (Å²) in [5, 5.41) is 0. The molecule has 0 saturated carbocycles. The molecule has 0 aliphatic heterocycles. The highest BCUT2D eigenvalue weighted by molar-refractivity contribution is 5.37. The van der Waals surface area contributed by atoms with E-state index in [1.165, 1.54) is 13.2 Å². The Kier molecular flexibility index (Phi) is 3.63. The van der Waals surface area contributed by atoms with Gasteiger partial charge in [0.05, 0.1) is 13.2 Å². The van der Waals surface area contributed by atoms with Crippen LogP contribution in [0.4, 0.5) is 4.39 Å². The van der Waals surface area contributed by atoms with Gasteiger partial charge in [0.15, 0.2) is 11.6 Å². The predicted molar refractivity (Wildman–Crippen MR) is 70.2 cm³/mol. The van der Waals surface area contributed by atoms with Gasteiger partial charge in [-0.15, -0.1) is 0 Å². The third-order valence-electron chi connectivity index (χ3n) is 2.94. The predicted octanol–water partition coefficient (Wildman–Crippen LogP) is 3.19. The van der Waals surface area contributed by atoms with Crippen LogP contribution >= 0.6 is 0 Å². The Morgan fingerprint density at radius 3 is 2.44 bits per heavy atom. The number of hydrogen-bond acceptors (Lipinski definition) is 2. The fourth-order valence-corrected chi connectivity index (χ4v) is 1.93. The summed E-state index contributed by atoms with van der Waals surface area (Å²) in [5.41, 5.74) is 8.98. The molecule has 0 amide bonds. The first-order valence-corrected chi connectivity index (χ1v) is 5.77. The molecule has 0 radical (unpaired) electrons. The van der Waals surface area contributed by atoms with E-state index in [2.05, 4.69) is 0 Å². The quantitative estimate of drug-likeness (QED) is 0.901. The van der Waals surface area contributed by atoms with E-state index in [9.17, 15) is 4.39 Å². The molecular formula is C15H16FNO. The monoisotopic (exact) mass is 245 g/mol. The maximum Gasteiger partial charge on any atom is 0.165 e. The van der Waals surface area contributed by atoms with E-state index < -0.39 is 5.82 Å². The Labute approximate surface area is 106 Å². The van der Waals surface area contributed by atoms with Crippen molar-refractivity contribution < 1.29 is 9.13 Å². The maximum atomic E-state index is 13.6. The van der Waals surface area contributed by atoms with Crippen molar-refractivity contribution >= 4 is 0 Å². The SMILES string of the molecule is COc1ccc(C(N)c2cccc(C)c2)cc1F. The Morgan fingerprint density at radius 2 is 1.83 bits per heavy atom. The maximum absolute atomic E-state index is 13.6. The fraction of sp³-hybridized carbons (Fsp3) is 0.200. The Hall–Kier alpha value is -1.87. The second-order valence-corrected chi connectivity index (χ2v) is 4.29. The van der Waals surface area contributed by atoms with Crippen molar-refractivity contribution in [2.45, 2.75) is 13.0 Å². The standard InChI is InChI=1S/C15H16FNO/c1-10-4-3-5-11(8-10)15(17)12-6-7-14(18-2)13(16)9-12/h3-9,15H,17H2,1-2H3. The lowest BCUT2D eigenvalue weighted by Gasteiger charge is -2.14. The van der Waals surface area contributed by atoms with Gasteiger partial charge < -0.3 is 10.5 Å². The lowest BCUT2D eigenvalue weighted by atomic mass is 9.98. The van der Waals surface area contributed by atoms with Gasteiger partial charge in [-0.25, -0.2) is 4.39 Å². The average Bonchev–Trinajstić information content (AvgIpc) is 2.37. The number of hydrogen-bond donors (Lipinski definition) is 1. The molecule has 2 aromatic carbocycles. The van der Waals surface area contributed by atoms with Crippen molar-refractivity contribution in [1.82, 2.24) is 0 Å². The molecule has 0 aliphatic rings. The first-order valence-electron chi connectivity index (χ1n) is 5.77. The zero-order valence-corrected chi connectivity index (χ0v) is 10.5. The number of aryl methyl sites for hydroxylation is 1. The molecule has 0 heterocycles. The van der Waals surface area contributed by atoms with Crippen LogP contribution in [0.5, 0.6) is 5.75 Å². The minimum Gasteiger partial charge on any atom is -0.494 e. The molecule has 2 rings (SSSR count). The molecule has 0 bridgehead atoms. The summed E-state index contributed by atoms with van der Waals surface area (Å²) in [6.45, 7) is 2.00. The van der Waals surface area contributed by atoms with Crippen molar-refractivity contribution in [2.75, 3.05) is 7.11 Å². The lowest BCUT2D eigenvalue weighted by Crippen LogP contribution is -2.12. The second kappa shape index (κ2) is 5.19. The molecule has 2 nitrogen and oxygen atoms in total. The fourth-order valence-electron chi connectivity index (χ4n) is 1.93. The van der Waals surface area contributed by atoms with Gasteiger partial charge in [-0.1, -0.05) is 35.9 Å². The van der Waals surface area contributed by atoms with E-state index in [0.717, 1.165) is 16.7 Å². The molecule has 1 unspecified atom stereocenters. The minimum absolute atomic E-state index is 0.232. The summed E-state index contributed by atoms with van der Waals surface area (Å²) in [6.07, 6.45) is 0. The molecule has 0 aliphatic carbocycles. The van der Waals surface area contributed by atoms with Crippen molar-refractivity contribution in [2.24, 2.45) is 5.73 Å². The van der Waals surface area contributed by atoms with Gasteiger partial charge in [-0.3, -0.25) is 0 Å². The van der Waals surface area contributed by atoms with Crippen LogP contribution in [-0.2, 0) is 0 Å². The van der Waals surface area contributed by atoms with E-state index >= 15 is 0 Å². The van der Waals surface area contributed by atoms with Crippen LogP contribution in [0.2, 0.25) is 0 Å². The van der Waals surface area contributed by atoms with E-state index in [1.807, 2.05) is 31.2 Å². The number of halogens is 1. The third-order valence-corrected chi connectivity index (χ3v) is 2.94. The normalized spacial score (nSPS) is 12.2. The van der Waals surface area contributed by atoms with Gasteiger partial charge in [0.1, 0.15) is 0 Å². The largest absolute Gasteiger partial charge is 0.494 e. The molecule has 94 valence electrons. The van der Waals surface area contributed by atoms with Gasteiger partial charge in [0.25, 0.3) is 0 Å². The summed E-state index contributed by atoms with van der Waals surface area (Å²) in [4.78, 5) is 0. The van der Waals surface area contributed by atoms with Crippen LogP contribution in [-0.4, -0.2) is 7.11 Å². The number of benzene rings is 2. The Balaban J connectivity index is 2.34. The van der Waals surface area contributed by atoms with E-state index in [4.69, 9.17) is 10.5 Å². The summed E-state index contributed by atoms with van der Waals surface area (Å²) < 4.78 is 18.5. The molecule has 0 fully saturated rings. The van der Waals surface area contributed by atoms with Crippen molar-refractivity contribution in [3.8, 4) is 5.75 Å². The Morgan fingerprint density at radius 1 is 1.11 bits per heavy atom. The van der Waals surface area contributed by atoms with Crippen LogP contribution in [0.15, 0.2) is 42.5 Å². The summed E-state index contributed by atoms with van der Waals surface area (Å²) >= 11 is 0. The van der Waals surface area contributed by atoms with Crippen molar-refractivity contribution in [3.63, 3.8) is 0 Å². The topological polar surface area (TPSA) is 35.2 Å². The smallest absolute Gasteiger partial charge is 0.165 e. The molecule has 0 saturated heterocycles. The summed E-state index contributed by atoms with van der Waals surface area (Å²) in [7, 11) is 1.44. The minimum atomic E-state index is -0.391. The number of ether oxygens (including phenoxy) is 1. The van der Waals surface area contributed by atoms with E-state index in [-0.39, 0.29) is 11.8 Å². The van der Waals surface area contributed by atoms with Crippen LogP contribution < -0.4 is 10.5 Å². The van der Waals surface area contributed by atoms with Gasteiger partial charge in [-0.05, 0) is 30.2 Å². The van der Waals surface area contributed by atoms with Crippen molar-refractivity contribution in [1.29, 1.82) is 0 Å². The molecular weight excluding hydrogens is 229 g/mol. The molecule has 2 aromatic rings. The average molecular weight is 245 g/mol. The molecule has 18 heavy (non-hydrogen) atoms. The van der Waals surface area contributed by atoms with Gasteiger partial charge in [0.2, 0.25) is 0 Å². The summed E-state index contributed by atoms with van der Waals surface area (Å²) in [6, 6.07) is 12.4. The highest BCUT2D eigenvalue weighted by atomic mass is 19.1. The first-order chi connectivity index (χ1) is 8.61. The molecule has 2 N–H and O–H groups in total.